The molecular formula is C16H32IN5O3. The van der Waals surface area contributed by atoms with Crippen LogP contribution in [0.15, 0.2) is 4.99 Å². The molecule has 0 radical (unpaired) electrons. The van der Waals surface area contributed by atoms with E-state index in [0.29, 0.717) is 19.2 Å². The number of carbonyl (C=O) groups excluding carboxylic acids is 1. The highest BCUT2D eigenvalue weighted by molar-refractivity contribution is 14.0. The van der Waals surface area contributed by atoms with Gasteiger partial charge >= 0.3 is 0 Å². The van der Waals surface area contributed by atoms with Gasteiger partial charge in [-0.05, 0) is 6.42 Å². The van der Waals surface area contributed by atoms with E-state index >= 15 is 0 Å². The summed E-state index contributed by atoms with van der Waals surface area (Å²) >= 11 is 0. The molecule has 2 aliphatic rings. The van der Waals surface area contributed by atoms with Gasteiger partial charge in [0.05, 0.1) is 19.8 Å². The van der Waals surface area contributed by atoms with Crippen LogP contribution in [0.1, 0.15) is 6.42 Å². The number of nitrogens with one attached hydrogen (secondary N) is 1. The lowest BCUT2D eigenvalue weighted by atomic mass is 10.2. The zero-order chi connectivity index (χ0) is 17.4. The zero-order valence-electron chi connectivity index (χ0n) is 15.6. The molecule has 0 aliphatic carbocycles. The van der Waals surface area contributed by atoms with Gasteiger partial charge in [0.1, 0.15) is 6.54 Å². The van der Waals surface area contributed by atoms with Crippen molar-refractivity contribution >= 4 is 35.8 Å². The summed E-state index contributed by atoms with van der Waals surface area (Å²) in [5.74, 6) is 0.808. The maximum atomic E-state index is 11.8. The van der Waals surface area contributed by atoms with Gasteiger partial charge in [-0.1, -0.05) is 0 Å². The first kappa shape index (κ1) is 22.4. The monoisotopic (exact) mass is 469 g/mol. The second-order valence-electron chi connectivity index (χ2n) is 6.38. The average Bonchev–Trinajstić information content (AvgIpc) is 3.08. The molecule has 2 saturated heterocycles. The summed E-state index contributed by atoms with van der Waals surface area (Å²) in [5.41, 5.74) is 0. The Morgan fingerprint density at radius 3 is 2.68 bits per heavy atom. The number of likely N-dealkylation sites (N-methyl/N-ethyl adjacent to an activating group) is 1. The Hall–Kier alpha value is -0.650. The molecule has 0 aromatic rings. The molecule has 1 amide bonds. The van der Waals surface area contributed by atoms with Crippen molar-refractivity contribution in [3.8, 4) is 0 Å². The minimum absolute atomic E-state index is 0. The maximum absolute atomic E-state index is 11.8. The number of hydrogen-bond acceptors (Lipinski definition) is 5. The Labute approximate surface area is 167 Å². The molecule has 2 aliphatic heterocycles. The van der Waals surface area contributed by atoms with E-state index in [1.807, 2.05) is 0 Å². The van der Waals surface area contributed by atoms with Gasteiger partial charge in [-0.2, -0.15) is 0 Å². The number of carbonyl (C=O) groups is 1. The number of ether oxygens (including phenoxy) is 2. The quantitative estimate of drug-likeness (QED) is 0.249. The second-order valence-corrected chi connectivity index (χ2v) is 6.38. The van der Waals surface area contributed by atoms with Crippen LogP contribution in [-0.2, 0) is 14.3 Å². The zero-order valence-corrected chi connectivity index (χ0v) is 17.9. The van der Waals surface area contributed by atoms with Gasteiger partial charge in [-0.15, -0.1) is 24.0 Å². The standard InChI is InChI=1S/C16H31N5O3.HI/c1-19(2)15(22)12-18-16(17-5-9-23-3)21-6-4-14(13-21)20-7-10-24-11-8-20;/h14H,4-13H2,1-3H3,(H,17,18);1H. The third-order valence-corrected chi connectivity index (χ3v) is 4.48. The van der Waals surface area contributed by atoms with Crippen LogP contribution < -0.4 is 5.32 Å². The number of rotatable bonds is 6. The van der Waals surface area contributed by atoms with Crippen LogP contribution in [0.4, 0.5) is 0 Å². The lowest BCUT2D eigenvalue weighted by Gasteiger charge is -2.32. The van der Waals surface area contributed by atoms with Crippen molar-refractivity contribution in [1.82, 2.24) is 20.0 Å². The van der Waals surface area contributed by atoms with Crippen LogP contribution >= 0.6 is 24.0 Å². The van der Waals surface area contributed by atoms with Gasteiger partial charge in [-0.25, -0.2) is 4.99 Å². The summed E-state index contributed by atoms with van der Waals surface area (Å²) in [4.78, 5) is 22.7. The van der Waals surface area contributed by atoms with E-state index in [1.54, 1.807) is 26.1 Å². The lowest BCUT2D eigenvalue weighted by molar-refractivity contribution is -0.127. The molecule has 1 atom stereocenters. The molecule has 146 valence electrons. The molecular weight excluding hydrogens is 437 g/mol. The fourth-order valence-electron chi connectivity index (χ4n) is 2.99. The fourth-order valence-corrected chi connectivity index (χ4v) is 2.99. The van der Waals surface area contributed by atoms with Crippen molar-refractivity contribution in [2.75, 3.05) is 80.3 Å². The molecule has 2 fully saturated rings. The van der Waals surface area contributed by atoms with Crippen LogP contribution in [0, 0.1) is 0 Å². The summed E-state index contributed by atoms with van der Waals surface area (Å²) in [6.45, 7) is 7.00. The van der Waals surface area contributed by atoms with Crippen molar-refractivity contribution in [1.29, 1.82) is 0 Å². The van der Waals surface area contributed by atoms with Crippen molar-refractivity contribution in [3.05, 3.63) is 0 Å². The minimum atomic E-state index is 0. The van der Waals surface area contributed by atoms with Crippen molar-refractivity contribution in [2.24, 2.45) is 4.99 Å². The topological polar surface area (TPSA) is 69.6 Å². The Morgan fingerprint density at radius 1 is 1.32 bits per heavy atom. The molecule has 0 saturated carbocycles. The molecule has 0 aromatic carbocycles. The number of aliphatic imine (C=N–C) groups is 1. The summed E-state index contributed by atoms with van der Waals surface area (Å²) in [6, 6.07) is 0.535. The highest BCUT2D eigenvalue weighted by atomic mass is 127. The van der Waals surface area contributed by atoms with Gasteiger partial charge < -0.3 is 24.6 Å². The van der Waals surface area contributed by atoms with E-state index in [1.165, 1.54) is 0 Å². The van der Waals surface area contributed by atoms with Gasteiger partial charge in [-0.3, -0.25) is 9.69 Å². The molecule has 2 heterocycles. The number of hydrogen-bond donors (Lipinski definition) is 1. The van der Waals surface area contributed by atoms with Gasteiger partial charge in [0.25, 0.3) is 0 Å². The van der Waals surface area contributed by atoms with E-state index in [0.717, 1.165) is 51.8 Å². The lowest BCUT2D eigenvalue weighted by Crippen LogP contribution is -2.47. The van der Waals surface area contributed by atoms with Gasteiger partial charge in [0, 0.05) is 60.0 Å². The van der Waals surface area contributed by atoms with Crippen molar-refractivity contribution in [2.45, 2.75) is 12.5 Å². The summed E-state index contributed by atoms with van der Waals surface area (Å²) in [7, 11) is 5.18. The molecule has 2 rings (SSSR count). The predicted octanol–water partition coefficient (Wildman–Crippen LogP) is -0.309. The number of likely N-dealkylation sites (tertiary alicyclic amines) is 1. The largest absolute Gasteiger partial charge is 0.383 e. The molecule has 9 heteroatoms. The van der Waals surface area contributed by atoms with E-state index in [4.69, 9.17) is 9.47 Å². The van der Waals surface area contributed by atoms with E-state index < -0.39 is 0 Å². The minimum Gasteiger partial charge on any atom is -0.383 e. The first-order valence-corrected chi connectivity index (χ1v) is 8.66. The van der Waals surface area contributed by atoms with Gasteiger partial charge in [0.2, 0.25) is 5.91 Å². The highest BCUT2D eigenvalue weighted by Gasteiger charge is 2.30. The first-order valence-electron chi connectivity index (χ1n) is 8.66. The summed E-state index contributed by atoms with van der Waals surface area (Å²) in [5, 5.41) is 3.32. The highest BCUT2D eigenvalue weighted by Crippen LogP contribution is 2.17. The molecule has 0 aromatic heterocycles. The number of nitrogens with zero attached hydrogens (tertiary/aromatic N) is 4. The first-order chi connectivity index (χ1) is 11.6. The van der Waals surface area contributed by atoms with Crippen LogP contribution in [0.3, 0.4) is 0 Å². The maximum Gasteiger partial charge on any atom is 0.243 e. The Balaban J connectivity index is 0.00000312. The van der Waals surface area contributed by atoms with Crippen molar-refractivity contribution in [3.63, 3.8) is 0 Å². The van der Waals surface area contributed by atoms with Crippen LogP contribution in [-0.4, -0.2) is 113 Å². The molecule has 25 heavy (non-hydrogen) atoms. The molecule has 1 unspecified atom stereocenters. The van der Waals surface area contributed by atoms with Crippen molar-refractivity contribution < 1.29 is 14.3 Å². The third-order valence-electron chi connectivity index (χ3n) is 4.48. The number of methoxy groups -OCH3 is 1. The summed E-state index contributed by atoms with van der Waals surface area (Å²) in [6.07, 6.45) is 1.12. The number of guanidine groups is 1. The Morgan fingerprint density at radius 2 is 2.04 bits per heavy atom. The van der Waals surface area contributed by atoms with Gasteiger partial charge in [0.15, 0.2) is 5.96 Å². The summed E-state index contributed by atoms with van der Waals surface area (Å²) < 4.78 is 10.5. The number of morpholine rings is 1. The smallest absolute Gasteiger partial charge is 0.243 e. The Bertz CT molecular complexity index is 430. The van der Waals surface area contributed by atoms with Crippen LogP contribution in [0.25, 0.3) is 0 Å². The van der Waals surface area contributed by atoms with Crippen LogP contribution in [0.2, 0.25) is 0 Å². The molecule has 0 bridgehead atoms. The molecule has 0 spiro atoms. The second kappa shape index (κ2) is 11.9. The number of amides is 1. The number of halogens is 1. The molecule has 8 nitrogen and oxygen atoms in total. The predicted molar refractivity (Wildman–Crippen MR) is 109 cm³/mol. The van der Waals surface area contributed by atoms with E-state index in [9.17, 15) is 4.79 Å². The average molecular weight is 469 g/mol. The SMILES string of the molecule is COCCNC(=NCC(=O)N(C)C)N1CCC(N2CCOCC2)C1.I. The van der Waals surface area contributed by atoms with Crippen LogP contribution in [0.5, 0.6) is 0 Å². The van der Waals surface area contributed by atoms with E-state index in [2.05, 4.69) is 20.1 Å². The third kappa shape index (κ3) is 7.24. The fraction of sp³-hybridized carbons (Fsp3) is 0.875. The van der Waals surface area contributed by atoms with E-state index in [-0.39, 0.29) is 36.4 Å². The Kier molecular flexibility index (Phi) is 10.6. The molecule has 1 N–H and O–H groups in total. The normalized spacial score (nSPS) is 21.8.